The quantitative estimate of drug-likeness (QED) is 0.746. The lowest BCUT2D eigenvalue weighted by Gasteiger charge is -2.10. The minimum Gasteiger partial charge on any atom is -0.539 e. The molecule has 0 spiro atoms. The molecule has 120 valence electrons. The topological polar surface area (TPSA) is 77.4 Å². The summed E-state index contributed by atoms with van der Waals surface area (Å²) in [5.41, 5.74) is 8.52. The molecule has 0 radical (unpaired) electrons. The summed E-state index contributed by atoms with van der Waals surface area (Å²) in [6, 6.07) is 16.4. The average molecular weight is 320 g/mol. The molecule has 1 aromatic heterocycles. The maximum atomic E-state index is 11.1. The van der Waals surface area contributed by atoms with E-state index < -0.39 is 5.95 Å². The molecule has 0 saturated carbocycles. The number of aryl methyl sites for hydroxylation is 1. The van der Waals surface area contributed by atoms with Gasteiger partial charge in [0.25, 0.3) is 0 Å². The van der Waals surface area contributed by atoms with Crippen molar-refractivity contribution in [2.75, 3.05) is 0 Å². The van der Waals surface area contributed by atoms with Gasteiger partial charge in [0, 0.05) is 18.6 Å². The fraction of sp³-hybridized carbons (Fsp3) is 0.167. The lowest BCUT2D eigenvalue weighted by atomic mass is 9.98. The summed E-state index contributed by atoms with van der Waals surface area (Å²) in [4.78, 5) is 0. The first kappa shape index (κ1) is 14.4. The Morgan fingerprint density at radius 2 is 1.88 bits per heavy atom. The third-order valence-corrected chi connectivity index (χ3v) is 4.14. The Labute approximate surface area is 139 Å². The van der Waals surface area contributed by atoms with Gasteiger partial charge in [-0.3, -0.25) is 0 Å². The smallest absolute Gasteiger partial charge is 0.239 e. The van der Waals surface area contributed by atoms with Gasteiger partial charge in [-0.15, -0.1) is 0 Å². The number of rotatable bonds is 3. The van der Waals surface area contributed by atoms with Gasteiger partial charge in [0.2, 0.25) is 11.9 Å². The lowest BCUT2D eigenvalue weighted by Crippen LogP contribution is -2.31. The van der Waals surface area contributed by atoms with Crippen molar-refractivity contribution in [2.24, 2.45) is 5.10 Å². The molecule has 0 saturated heterocycles. The molecule has 0 aliphatic carbocycles. The van der Waals surface area contributed by atoms with Gasteiger partial charge >= 0.3 is 0 Å². The summed E-state index contributed by atoms with van der Waals surface area (Å²) >= 11 is 0. The highest BCUT2D eigenvalue weighted by atomic mass is 16.6. The van der Waals surface area contributed by atoms with Crippen molar-refractivity contribution in [1.29, 1.82) is 0 Å². The van der Waals surface area contributed by atoms with Crippen LogP contribution in [0, 0.1) is 6.92 Å². The minimum atomic E-state index is -0.468. The molecule has 2 aromatic carbocycles. The van der Waals surface area contributed by atoms with Gasteiger partial charge in [0.15, 0.2) is 0 Å². The maximum Gasteiger partial charge on any atom is 0.239 e. The summed E-state index contributed by atoms with van der Waals surface area (Å²) in [5.74, 6) is -0.468. The predicted molar refractivity (Wildman–Crippen MR) is 85.7 cm³/mol. The van der Waals surface area contributed by atoms with Gasteiger partial charge in [0.1, 0.15) is 5.95 Å². The number of hydrogen-bond acceptors (Lipinski definition) is 5. The van der Waals surface area contributed by atoms with Crippen molar-refractivity contribution in [3.8, 4) is 11.6 Å². The van der Waals surface area contributed by atoms with Gasteiger partial charge < -0.3 is 15.1 Å². The molecule has 1 atom stereocenters. The summed E-state index contributed by atoms with van der Waals surface area (Å²) in [6.45, 7) is 2.08. The Morgan fingerprint density at radius 3 is 2.54 bits per heavy atom. The first-order valence-electron chi connectivity index (χ1n) is 7.74. The predicted octanol–water partition coefficient (Wildman–Crippen LogP) is 1.77. The van der Waals surface area contributed by atoms with Crippen molar-refractivity contribution in [3.63, 3.8) is 0 Å². The first-order chi connectivity index (χ1) is 11.7. The van der Waals surface area contributed by atoms with E-state index >= 15 is 0 Å². The van der Waals surface area contributed by atoms with Gasteiger partial charge in [0.05, 0.1) is 17.0 Å². The number of hydrazone groups is 1. The summed E-state index contributed by atoms with van der Waals surface area (Å²) in [6.07, 6.45) is 2.14. The lowest BCUT2D eigenvalue weighted by molar-refractivity contribution is -0.670. The molecule has 1 N–H and O–H groups in total. The SMILES string of the molecule is Cc1ccc(C2CC(c3ccc(-[n+]4cc([O-])on4)cc3)=NN2)cc1. The van der Waals surface area contributed by atoms with Crippen LogP contribution in [0.4, 0.5) is 0 Å². The van der Waals surface area contributed by atoms with Crippen LogP contribution in [0.25, 0.3) is 5.69 Å². The van der Waals surface area contributed by atoms with Crippen LogP contribution >= 0.6 is 0 Å². The van der Waals surface area contributed by atoms with Crippen molar-refractivity contribution < 1.29 is 14.3 Å². The molecule has 1 aliphatic heterocycles. The van der Waals surface area contributed by atoms with E-state index in [-0.39, 0.29) is 6.04 Å². The van der Waals surface area contributed by atoms with Crippen LogP contribution in [-0.2, 0) is 0 Å². The fourth-order valence-electron chi connectivity index (χ4n) is 2.77. The van der Waals surface area contributed by atoms with Crippen molar-refractivity contribution in [3.05, 3.63) is 71.4 Å². The Morgan fingerprint density at radius 1 is 1.12 bits per heavy atom. The highest BCUT2D eigenvalue weighted by molar-refractivity contribution is 6.01. The number of nitrogens with one attached hydrogen (secondary N) is 1. The van der Waals surface area contributed by atoms with Crippen LogP contribution < -0.4 is 15.2 Å². The van der Waals surface area contributed by atoms with E-state index in [1.165, 1.54) is 22.0 Å². The van der Waals surface area contributed by atoms with Crippen LogP contribution in [0.3, 0.4) is 0 Å². The van der Waals surface area contributed by atoms with E-state index in [4.69, 9.17) is 0 Å². The van der Waals surface area contributed by atoms with Crippen LogP contribution in [0.15, 0.2) is 64.4 Å². The third-order valence-electron chi connectivity index (χ3n) is 4.14. The Bertz CT molecular complexity index is 882. The number of nitrogens with zero attached hydrogens (tertiary/aromatic N) is 3. The molecular formula is C18H16N4O2. The van der Waals surface area contributed by atoms with Crippen LogP contribution in [-0.4, -0.2) is 11.0 Å². The van der Waals surface area contributed by atoms with E-state index in [9.17, 15) is 5.11 Å². The molecule has 2 heterocycles. The Kier molecular flexibility index (Phi) is 3.49. The fourth-order valence-corrected chi connectivity index (χ4v) is 2.77. The summed E-state index contributed by atoms with van der Waals surface area (Å²) in [7, 11) is 0. The van der Waals surface area contributed by atoms with E-state index in [1.807, 2.05) is 24.3 Å². The van der Waals surface area contributed by atoms with Crippen molar-refractivity contribution in [2.45, 2.75) is 19.4 Å². The number of aromatic nitrogens is 2. The molecular weight excluding hydrogens is 304 g/mol. The number of benzene rings is 2. The monoisotopic (exact) mass is 320 g/mol. The summed E-state index contributed by atoms with van der Waals surface area (Å²) in [5, 5.41) is 19.2. The molecule has 6 nitrogen and oxygen atoms in total. The maximum absolute atomic E-state index is 11.1. The molecule has 0 amide bonds. The van der Waals surface area contributed by atoms with Crippen LogP contribution in [0.1, 0.15) is 29.2 Å². The molecule has 1 unspecified atom stereocenters. The second-order valence-electron chi connectivity index (χ2n) is 5.87. The van der Waals surface area contributed by atoms with Crippen LogP contribution in [0.5, 0.6) is 5.95 Å². The van der Waals surface area contributed by atoms with Gasteiger partial charge in [-0.2, -0.15) is 5.10 Å². The first-order valence-corrected chi connectivity index (χ1v) is 7.74. The molecule has 6 heteroatoms. The largest absolute Gasteiger partial charge is 0.539 e. The Hall–Kier alpha value is -3.15. The van der Waals surface area contributed by atoms with Crippen molar-refractivity contribution >= 4 is 5.71 Å². The number of hydrogen-bond donors (Lipinski definition) is 1. The van der Waals surface area contributed by atoms with Gasteiger partial charge in [-0.25, -0.2) is 0 Å². The van der Waals surface area contributed by atoms with Crippen LogP contribution in [0.2, 0.25) is 0 Å². The minimum absolute atomic E-state index is 0.202. The normalized spacial score (nSPS) is 16.7. The molecule has 24 heavy (non-hydrogen) atoms. The van der Waals surface area contributed by atoms with E-state index in [2.05, 4.69) is 51.5 Å². The zero-order valence-corrected chi connectivity index (χ0v) is 13.1. The molecule has 0 bridgehead atoms. The second-order valence-corrected chi connectivity index (χ2v) is 5.87. The second kappa shape index (κ2) is 5.81. The van der Waals surface area contributed by atoms with Crippen molar-refractivity contribution in [1.82, 2.24) is 10.7 Å². The molecule has 1 aliphatic rings. The standard InChI is InChI=1S/C18H16N4O2/c1-12-2-4-13(5-3-12)16-10-17(20-19-16)14-6-8-15(9-7-14)22-11-18(23)24-21-22/h2-9,11,16H,10H2,1H3,(H-,19,21,23). The van der Waals surface area contributed by atoms with E-state index in [1.54, 1.807) is 0 Å². The molecule has 3 aromatic rings. The molecule has 0 fully saturated rings. The average Bonchev–Trinajstić information content (AvgIpc) is 3.25. The highest BCUT2D eigenvalue weighted by Crippen LogP contribution is 2.24. The van der Waals surface area contributed by atoms with Gasteiger partial charge in [-0.05, 0) is 34.9 Å². The van der Waals surface area contributed by atoms with E-state index in [0.29, 0.717) is 0 Å². The van der Waals surface area contributed by atoms with Gasteiger partial charge in [-0.1, -0.05) is 29.8 Å². The molecule has 4 rings (SSSR count). The zero-order valence-electron chi connectivity index (χ0n) is 13.1. The Balaban J connectivity index is 1.49. The zero-order chi connectivity index (χ0) is 16.5. The third kappa shape index (κ3) is 2.74. The van der Waals surface area contributed by atoms with E-state index in [0.717, 1.165) is 23.4 Å². The summed E-state index contributed by atoms with van der Waals surface area (Å²) < 4.78 is 5.96. The highest BCUT2D eigenvalue weighted by Gasteiger charge is 2.21.